The summed E-state index contributed by atoms with van der Waals surface area (Å²) >= 11 is 0. The molecule has 28 heavy (non-hydrogen) atoms. The second kappa shape index (κ2) is 6.84. The largest absolute Gasteiger partial charge is 0.361 e. The van der Waals surface area contributed by atoms with Gasteiger partial charge in [-0.3, -0.25) is 9.69 Å². The van der Waals surface area contributed by atoms with Gasteiger partial charge in [0.1, 0.15) is 5.82 Å². The van der Waals surface area contributed by atoms with Gasteiger partial charge in [-0.2, -0.15) is 0 Å². The molecule has 1 aliphatic rings. The molecule has 4 aromatic rings. The van der Waals surface area contributed by atoms with Crippen LogP contribution in [0.15, 0.2) is 54.7 Å². The van der Waals surface area contributed by atoms with Crippen molar-refractivity contribution < 1.29 is 4.79 Å². The Bertz CT molecular complexity index is 1100. The van der Waals surface area contributed by atoms with Crippen LogP contribution in [0.2, 0.25) is 0 Å². The first-order chi connectivity index (χ1) is 13.7. The number of carbonyl (C=O) groups is 1. The maximum atomic E-state index is 12.0. The molecule has 142 valence electrons. The zero-order valence-corrected chi connectivity index (χ0v) is 16.0. The van der Waals surface area contributed by atoms with Crippen LogP contribution in [0, 0.1) is 0 Å². The standard InChI is InChI=1S/C23H24N4O/c1-26-10-8-16(9-11-26)20-14-24-22-7-6-18(13-19(20)22)27(15-28)23-12-17-4-2-3-5-21(17)25-23/h2-7,12-16,24-25H,8-11H2,1H3. The third kappa shape index (κ3) is 2.88. The van der Waals surface area contributed by atoms with Gasteiger partial charge in [-0.15, -0.1) is 0 Å². The summed E-state index contributed by atoms with van der Waals surface area (Å²) in [5, 5.41) is 2.31. The van der Waals surface area contributed by atoms with E-state index >= 15 is 0 Å². The highest BCUT2D eigenvalue weighted by atomic mass is 16.1. The normalized spacial score (nSPS) is 16.0. The number of nitrogens with one attached hydrogen (secondary N) is 2. The van der Waals surface area contributed by atoms with Crippen molar-refractivity contribution in [3.63, 3.8) is 0 Å². The summed E-state index contributed by atoms with van der Waals surface area (Å²) in [6, 6.07) is 16.3. The lowest BCUT2D eigenvalue weighted by molar-refractivity contribution is -0.106. The summed E-state index contributed by atoms with van der Waals surface area (Å²) in [7, 11) is 2.19. The summed E-state index contributed by atoms with van der Waals surface area (Å²) in [6.45, 7) is 2.26. The Kier molecular flexibility index (Phi) is 4.17. The van der Waals surface area contributed by atoms with Crippen LogP contribution < -0.4 is 4.90 Å². The first kappa shape index (κ1) is 17.1. The molecule has 5 rings (SSSR count). The topological polar surface area (TPSA) is 55.1 Å². The van der Waals surface area contributed by atoms with Crippen LogP contribution >= 0.6 is 0 Å². The Balaban J connectivity index is 1.54. The van der Waals surface area contributed by atoms with Gasteiger partial charge in [0.2, 0.25) is 6.41 Å². The summed E-state index contributed by atoms with van der Waals surface area (Å²) < 4.78 is 0. The number of amides is 1. The molecule has 0 bridgehead atoms. The fourth-order valence-corrected chi connectivity index (χ4v) is 4.38. The molecule has 0 atom stereocenters. The first-order valence-corrected chi connectivity index (χ1v) is 9.85. The average Bonchev–Trinajstić information content (AvgIpc) is 3.33. The van der Waals surface area contributed by atoms with Crippen molar-refractivity contribution in [2.24, 2.45) is 0 Å². The molecule has 1 saturated heterocycles. The highest BCUT2D eigenvalue weighted by Gasteiger charge is 2.22. The molecule has 5 heteroatoms. The predicted octanol–water partition coefficient (Wildman–Crippen LogP) is 4.75. The van der Waals surface area contributed by atoms with E-state index in [-0.39, 0.29) is 0 Å². The highest BCUT2D eigenvalue weighted by Crippen LogP contribution is 2.36. The number of para-hydroxylation sites is 1. The summed E-state index contributed by atoms with van der Waals surface area (Å²) in [4.78, 5) is 22.8. The monoisotopic (exact) mass is 372 g/mol. The van der Waals surface area contributed by atoms with Crippen molar-refractivity contribution in [1.29, 1.82) is 0 Å². The van der Waals surface area contributed by atoms with Crippen LogP contribution in [-0.4, -0.2) is 41.4 Å². The minimum absolute atomic E-state index is 0.568. The fraction of sp³-hybridized carbons (Fsp3) is 0.261. The maximum Gasteiger partial charge on any atom is 0.219 e. The number of anilines is 2. The van der Waals surface area contributed by atoms with Crippen molar-refractivity contribution in [2.75, 3.05) is 25.0 Å². The lowest BCUT2D eigenvalue weighted by Crippen LogP contribution is -2.29. The van der Waals surface area contributed by atoms with Crippen molar-refractivity contribution in [3.8, 4) is 0 Å². The van der Waals surface area contributed by atoms with E-state index in [0.29, 0.717) is 5.92 Å². The third-order valence-electron chi connectivity index (χ3n) is 6.01. The number of benzene rings is 2. The Labute approximate surface area is 164 Å². The molecule has 1 fully saturated rings. The smallest absolute Gasteiger partial charge is 0.219 e. The fourth-order valence-electron chi connectivity index (χ4n) is 4.38. The van der Waals surface area contributed by atoms with E-state index in [0.717, 1.165) is 47.4 Å². The van der Waals surface area contributed by atoms with E-state index in [1.807, 2.05) is 36.4 Å². The molecule has 0 aliphatic carbocycles. The minimum atomic E-state index is 0.568. The minimum Gasteiger partial charge on any atom is -0.361 e. The molecule has 0 radical (unpaired) electrons. The number of hydrogen-bond donors (Lipinski definition) is 2. The Morgan fingerprint density at radius 1 is 1.07 bits per heavy atom. The number of hydrogen-bond acceptors (Lipinski definition) is 2. The van der Waals surface area contributed by atoms with Gasteiger partial charge in [0.25, 0.3) is 0 Å². The van der Waals surface area contributed by atoms with Gasteiger partial charge in [0.15, 0.2) is 0 Å². The van der Waals surface area contributed by atoms with E-state index in [9.17, 15) is 4.79 Å². The molecular weight excluding hydrogens is 348 g/mol. The van der Waals surface area contributed by atoms with Gasteiger partial charge in [-0.05, 0) is 74.8 Å². The number of likely N-dealkylation sites (tertiary alicyclic amines) is 1. The number of carbonyl (C=O) groups excluding carboxylic acids is 1. The molecule has 1 aliphatic heterocycles. The number of nitrogens with zero attached hydrogens (tertiary/aromatic N) is 2. The summed E-state index contributed by atoms with van der Waals surface area (Å²) in [6.07, 6.45) is 5.38. The zero-order chi connectivity index (χ0) is 19.1. The SMILES string of the molecule is CN1CCC(c2c[nH]c3ccc(N(C=O)c4cc5ccccc5[nH]4)cc23)CC1. The van der Waals surface area contributed by atoms with Crippen molar-refractivity contribution in [1.82, 2.24) is 14.9 Å². The average molecular weight is 372 g/mol. The Morgan fingerprint density at radius 2 is 1.89 bits per heavy atom. The maximum absolute atomic E-state index is 12.0. The van der Waals surface area contributed by atoms with Crippen LogP contribution in [0.25, 0.3) is 21.8 Å². The molecule has 2 aromatic heterocycles. The van der Waals surface area contributed by atoms with Crippen LogP contribution in [0.5, 0.6) is 0 Å². The Morgan fingerprint density at radius 3 is 2.68 bits per heavy atom. The first-order valence-electron chi connectivity index (χ1n) is 9.85. The van der Waals surface area contributed by atoms with E-state index < -0.39 is 0 Å². The molecule has 1 amide bonds. The molecule has 0 unspecified atom stereocenters. The molecule has 2 aromatic carbocycles. The van der Waals surface area contributed by atoms with Crippen molar-refractivity contribution >= 4 is 39.7 Å². The predicted molar refractivity (Wildman–Crippen MR) is 114 cm³/mol. The number of rotatable bonds is 4. The van der Waals surface area contributed by atoms with Gasteiger partial charge in [0.05, 0.1) is 5.69 Å². The zero-order valence-electron chi connectivity index (χ0n) is 16.0. The van der Waals surface area contributed by atoms with Gasteiger partial charge in [-0.1, -0.05) is 18.2 Å². The number of piperidine rings is 1. The van der Waals surface area contributed by atoms with Crippen LogP contribution in [0.1, 0.15) is 24.3 Å². The van der Waals surface area contributed by atoms with Gasteiger partial charge < -0.3 is 14.9 Å². The van der Waals surface area contributed by atoms with E-state index in [4.69, 9.17) is 0 Å². The molecule has 0 saturated carbocycles. The van der Waals surface area contributed by atoms with Crippen LogP contribution in [-0.2, 0) is 4.79 Å². The molecule has 0 spiro atoms. The summed E-state index contributed by atoms with van der Waals surface area (Å²) in [5.74, 6) is 1.35. The number of H-pyrrole nitrogens is 2. The molecular formula is C23H24N4O. The summed E-state index contributed by atoms with van der Waals surface area (Å²) in [5.41, 5.74) is 4.40. The lowest BCUT2D eigenvalue weighted by atomic mass is 9.89. The van der Waals surface area contributed by atoms with Gasteiger partial charge in [-0.25, -0.2) is 0 Å². The van der Waals surface area contributed by atoms with E-state index in [2.05, 4.69) is 40.2 Å². The van der Waals surface area contributed by atoms with E-state index in [1.165, 1.54) is 23.8 Å². The van der Waals surface area contributed by atoms with Crippen molar-refractivity contribution in [2.45, 2.75) is 18.8 Å². The van der Waals surface area contributed by atoms with Gasteiger partial charge in [0, 0.05) is 28.0 Å². The van der Waals surface area contributed by atoms with Gasteiger partial charge >= 0.3 is 0 Å². The second-order valence-electron chi connectivity index (χ2n) is 7.77. The molecule has 2 N–H and O–H groups in total. The Hall–Kier alpha value is -3.05. The second-order valence-corrected chi connectivity index (χ2v) is 7.77. The third-order valence-corrected chi connectivity index (χ3v) is 6.01. The van der Waals surface area contributed by atoms with Crippen molar-refractivity contribution in [3.05, 3.63) is 60.3 Å². The molecule has 3 heterocycles. The number of fused-ring (bicyclic) bond motifs is 2. The van der Waals surface area contributed by atoms with E-state index in [1.54, 1.807) is 4.90 Å². The lowest BCUT2D eigenvalue weighted by Gasteiger charge is -2.28. The quantitative estimate of drug-likeness (QED) is 0.508. The van der Waals surface area contributed by atoms with Crippen LogP contribution in [0.3, 0.4) is 0 Å². The molecule has 5 nitrogen and oxygen atoms in total. The number of aromatic amines is 2. The highest BCUT2D eigenvalue weighted by molar-refractivity contribution is 5.95. The van der Waals surface area contributed by atoms with Crippen LogP contribution in [0.4, 0.5) is 11.5 Å². The number of aromatic nitrogens is 2.